The Bertz CT molecular complexity index is 576. The molecule has 114 valence electrons. The van der Waals surface area contributed by atoms with Crippen LogP contribution >= 0.6 is 23.2 Å². The fourth-order valence-corrected chi connectivity index (χ4v) is 3.61. The quantitative estimate of drug-likeness (QED) is 0.650. The van der Waals surface area contributed by atoms with Gasteiger partial charge >= 0.3 is 0 Å². The molecule has 1 unspecified atom stereocenters. The maximum atomic E-state index is 11.2. The molecule has 1 heterocycles. The molecule has 1 aliphatic carbocycles. The van der Waals surface area contributed by atoms with Gasteiger partial charge in [-0.1, -0.05) is 23.2 Å². The molecule has 0 radical (unpaired) electrons. The van der Waals surface area contributed by atoms with Crippen LogP contribution in [0, 0.1) is 10.1 Å². The van der Waals surface area contributed by atoms with Crippen molar-refractivity contribution in [3.63, 3.8) is 0 Å². The number of halogens is 2. The van der Waals surface area contributed by atoms with E-state index in [4.69, 9.17) is 23.2 Å². The lowest BCUT2D eigenvalue weighted by atomic mass is 9.70. The van der Waals surface area contributed by atoms with Crippen LogP contribution in [0.1, 0.15) is 32.1 Å². The van der Waals surface area contributed by atoms with Gasteiger partial charge in [0.2, 0.25) is 0 Å². The molecule has 1 aromatic carbocycles. The molecule has 0 amide bonds. The minimum Gasteiger partial charge on any atom is -0.377 e. The largest absolute Gasteiger partial charge is 0.377 e. The van der Waals surface area contributed by atoms with E-state index in [-0.39, 0.29) is 22.3 Å². The van der Waals surface area contributed by atoms with Gasteiger partial charge in [-0.25, -0.2) is 0 Å². The molecule has 5 nitrogen and oxygen atoms in total. The number of nitro benzene ring substituents is 1. The predicted molar refractivity (Wildman–Crippen MR) is 84.3 cm³/mol. The van der Waals surface area contributed by atoms with Gasteiger partial charge in [-0.2, -0.15) is 0 Å². The predicted octanol–water partition coefficient (Wildman–Crippen LogP) is 3.99. The van der Waals surface area contributed by atoms with Crippen LogP contribution in [0.5, 0.6) is 0 Å². The van der Waals surface area contributed by atoms with Crippen LogP contribution in [0.2, 0.25) is 10.0 Å². The Morgan fingerprint density at radius 3 is 2.67 bits per heavy atom. The number of rotatable bonds is 3. The zero-order valence-electron chi connectivity index (χ0n) is 11.5. The van der Waals surface area contributed by atoms with Crippen molar-refractivity contribution in [1.82, 2.24) is 5.32 Å². The molecule has 3 rings (SSSR count). The zero-order chi connectivity index (χ0) is 15.0. The fraction of sp³-hybridized carbons (Fsp3) is 0.571. The van der Waals surface area contributed by atoms with Gasteiger partial charge in [0.05, 0.1) is 15.0 Å². The molecule has 1 saturated heterocycles. The number of hydrogen-bond donors (Lipinski definition) is 2. The van der Waals surface area contributed by atoms with Gasteiger partial charge in [-0.05, 0) is 44.7 Å². The van der Waals surface area contributed by atoms with Crippen molar-refractivity contribution in [3.05, 3.63) is 32.3 Å². The third-order valence-electron chi connectivity index (χ3n) is 4.54. The smallest absolute Gasteiger partial charge is 0.293 e. The topological polar surface area (TPSA) is 67.2 Å². The van der Waals surface area contributed by atoms with E-state index in [0.717, 1.165) is 19.4 Å². The summed E-state index contributed by atoms with van der Waals surface area (Å²) in [6.07, 6.45) is 5.57. The number of piperidine rings is 1. The second-order valence-corrected chi connectivity index (χ2v) is 6.75. The SMILES string of the molecule is O=[N+]([O-])c1cc(Cl)c(Cl)cc1NC1CCNC2(CCC2)C1. The number of hydrogen-bond acceptors (Lipinski definition) is 4. The van der Waals surface area contributed by atoms with Gasteiger partial charge in [0, 0.05) is 17.6 Å². The monoisotopic (exact) mass is 329 g/mol. The van der Waals surface area contributed by atoms with Crippen LogP contribution < -0.4 is 10.6 Å². The van der Waals surface area contributed by atoms with Gasteiger partial charge in [0.25, 0.3) is 5.69 Å². The summed E-state index contributed by atoms with van der Waals surface area (Å²) in [7, 11) is 0. The van der Waals surface area contributed by atoms with Crippen LogP contribution in [-0.2, 0) is 0 Å². The molecule has 1 saturated carbocycles. The summed E-state index contributed by atoms with van der Waals surface area (Å²) in [5.41, 5.74) is 0.669. The van der Waals surface area contributed by atoms with Gasteiger partial charge in [-0.3, -0.25) is 10.1 Å². The molecule has 1 atom stereocenters. The van der Waals surface area contributed by atoms with Crippen LogP contribution in [0.15, 0.2) is 12.1 Å². The lowest BCUT2D eigenvalue weighted by molar-refractivity contribution is -0.384. The van der Waals surface area contributed by atoms with E-state index in [9.17, 15) is 10.1 Å². The molecule has 1 aromatic rings. The van der Waals surface area contributed by atoms with Gasteiger partial charge in [0.15, 0.2) is 0 Å². The summed E-state index contributed by atoms with van der Waals surface area (Å²) in [6, 6.07) is 3.09. The normalized spacial score (nSPS) is 23.6. The Balaban J connectivity index is 1.80. The first-order valence-electron chi connectivity index (χ1n) is 7.14. The lowest BCUT2D eigenvalue weighted by Crippen LogP contribution is -2.58. The van der Waals surface area contributed by atoms with Gasteiger partial charge < -0.3 is 10.6 Å². The van der Waals surface area contributed by atoms with Crippen molar-refractivity contribution >= 4 is 34.6 Å². The third kappa shape index (κ3) is 2.96. The highest BCUT2D eigenvalue weighted by Gasteiger charge is 2.41. The van der Waals surface area contributed by atoms with Crippen LogP contribution in [0.4, 0.5) is 11.4 Å². The average Bonchev–Trinajstić information content (AvgIpc) is 2.41. The molecular formula is C14H17Cl2N3O2. The molecule has 21 heavy (non-hydrogen) atoms. The Morgan fingerprint density at radius 2 is 2.05 bits per heavy atom. The molecule has 7 heteroatoms. The van der Waals surface area contributed by atoms with Gasteiger partial charge in [-0.15, -0.1) is 0 Å². The maximum absolute atomic E-state index is 11.2. The lowest BCUT2D eigenvalue weighted by Gasteiger charge is -2.48. The molecule has 1 aliphatic heterocycles. The minimum absolute atomic E-state index is 0.0226. The molecule has 2 fully saturated rings. The highest BCUT2D eigenvalue weighted by molar-refractivity contribution is 6.42. The van der Waals surface area contributed by atoms with Crippen LogP contribution in [0.3, 0.4) is 0 Å². The van der Waals surface area contributed by atoms with Crippen molar-refractivity contribution < 1.29 is 4.92 Å². The summed E-state index contributed by atoms with van der Waals surface area (Å²) in [5, 5.41) is 18.6. The van der Waals surface area contributed by atoms with E-state index < -0.39 is 4.92 Å². The molecule has 1 spiro atoms. The average molecular weight is 330 g/mol. The Kier molecular flexibility index (Phi) is 3.99. The molecule has 2 aliphatic rings. The highest BCUT2D eigenvalue weighted by Crippen LogP contribution is 2.40. The first-order chi connectivity index (χ1) is 9.99. The van der Waals surface area contributed by atoms with E-state index in [1.165, 1.54) is 25.3 Å². The first-order valence-corrected chi connectivity index (χ1v) is 7.90. The number of nitrogens with zero attached hydrogens (tertiary/aromatic N) is 1. The van der Waals surface area contributed by atoms with Crippen molar-refractivity contribution in [2.75, 3.05) is 11.9 Å². The van der Waals surface area contributed by atoms with Crippen LogP contribution in [-0.4, -0.2) is 23.0 Å². The summed E-state index contributed by atoms with van der Waals surface area (Å²) in [5.74, 6) is 0. The fourth-order valence-electron chi connectivity index (χ4n) is 3.29. The Labute approximate surface area is 133 Å². The zero-order valence-corrected chi connectivity index (χ0v) is 13.0. The highest BCUT2D eigenvalue weighted by atomic mass is 35.5. The van der Waals surface area contributed by atoms with E-state index in [0.29, 0.717) is 10.7 Å². The third-order valence-corrected chi connectivity index (χ3v) is 5.26. The number of anilines is 1. The van der Waals surface area contributed by atoms with Crippen molar-refractivity contribution in [2.24, 2.45) is 0 Å². The standard InChI is InChI=1S/C14H17Cl2N3O2/c15-10-6-12(13(19(20)21)7-11(10)16)18-9-2-5-17-14(8-9)3-1-4-14/h6-7,9,17-18H,1-5,8H2. The van der Waals surface area contributed by atoms with E-state index in [2.05, 4.69) is 10.6 Å². The van der Waals surface area contributed by atoms with Crippen molar-refractivity contribution in [3.8, 4) is 0 Å². The van der Waals surface area contributed by atoms with Crippen molar-refractivity contribution in [1.29, 1.82) is 0 Å². The Hall–Kier alpha value is -1.04. The second kappa shape index (κ2) is 5.63. The van der Waals surface area contributed by atoms with E-state index in [1.54, 1.807) is 6.07 Å². The van der Waals surface area contributed by atoms with E-state index >= 15 is 0 Å². The summed E-state index contributed by atoms with van der Waals surface area (Å²) in [4.78, 5) is 10.7. The number of nitro groups is 1. The number of benzene rings is 1. The maximum Gasteiger partial charge on any atom is 0.293 e. The van der Waals surface area contributed by atoms with E-state index in [1.807, 2.05) is 0 Å². The van der Waals surface area contributed by atoms with Gasteiger partial charge in [0.1, 0.15) is 5.69 Å². The summed E-state index contributed by atoms with van der Waals surface area (Å²) >= 11 is 11.9. The molecule has 2 N–H and O–H groups in total. The van der Waals surface area contributed by atoms with Crippen molar-refractivity contribution in [2.45, 2.75) is 43.7 Å². The molecule has 0 aromatic heterocycles. The second-order valence-electron chi connectivity index (χ2n) is 5.94. The summed E-state index contributed by atoms with van der Waals surface area (Å²) < 4.78 is 0. The molecular weight excluding hydrogens is 313 g/mol. The molecule has 0 bridgehead atoms. The Morgan fingerprint density at radius 1 is 1.33 bits per heavy atom. The first kappa shape index (κ1) is 14.9. The van der Waals surface area contributed by atoms with Crippen LogP contribution in [0.25, 0.3) is 0 Å². The minimum atomic E-state index is -0.426. The number of nitrogens with one attached hydrogen (secondary N) is 2. The summed E-state index contributed by atoms with van der Waals surface area (Å²) in [6.45, 7) is 0.937.